The Hall–Kier alpha value is -3.28. The normalized spacial score (nSPS) is 18.6. The first-order chi connectivity index (χ1) is 18.0. The molecular weight excluding hydrogens is 493 g/mol. The van der Waals surface area contributed by atoms with Crippen molar-refractivity contribution in [2.45, 2.75) is 44.2 Å². The number of hydrogen-bond donors (Lipinski definition) is 1. The molecule has 5 aromatic rings. The van der Waals surface area contributed by atoms with Gasteiger partial charge in [0, 0.05) is 38.2 Å². The second-order valence-electron chi connectivity index (χ2n) is 10.1. The van der Waals surface area contributed by atoms with Crippen LogP contribution in [-0.4, -0.2) is 52.2 Å². The Balaban J connectivity index is 1.57. The minimum atomic E-state index is -0.960. The number of rotatable bonds is 5. The third-order valence-electron chi connectivity index (χ3n) is 7.74. The fourth-order valence-electron chi connectivity index (χ4n) is 5.73. The van der Waals surface area contributed by atoms with E-state index in [1.165, 1.54) is 17.6 Å². The third-order valence-corrected chi connectivity index (χ3v) is 8.58. The van der Waals surface area contributed by atoms with E-state index in [1.54, 1.807) is 16.9 Å². The van der Waals surface area contributed by atoms with Crippen molar-refractivity contribution < 1.29 is 14.2 Å². The van der Waals surface area contributed by atoms with Crippen LogP contribution in [0.25, 0.3) is 32.5 Å². The Labute approximate surface area is 216 Å². The van der Waals surface area contributed by atoms with Crippen LogP contribution in [0.3, 0.4) is 0 Å². The topological polar surface area (TPSA) is 104 Å². The van der Waals surface area contributed by atoms with Gasteiger partial charge in [-0.15, -0.1) is 5.10 Å². The number of hydrogen-bond acceptors (Lipinski definition) is 8. The molecule has 0 bridgehead atoms. The molecule has 1 saturated carbocycles. The molecule has 9 nitrogen and oxygen atoms in total. The molecule has 6 heterocycles. The van der Waals surface area contributed by atoms with Gasteiger partial charge in [0.25, 0.3) is 0 Å². The Morgan fingerprint density at radius 2 is 2.05 bits per heavy atom. The predicted molar refractivity (Wildman–Crippen MR) is 137 cm³/mol. The Kier molecular flexibility index (Phi) is 5.18. The lowest BCUT2D eigenvalue weighted by Crippen LogP contribution is -2.28. The molecule has 1 saturated heterocycles. The number of aliphatic hydroxyl groups is 1. The SMILES string of the molecule is Cc1nnn(C)c1-c1cnc2c3snc(C4(O)CC4)c3n(C(c3ncccc3F)C3CCOCC3)c2c1. The van der Waals surface area contributed by atoms with Crippen LogP contribution >= 0.6 is 11.5 Å². The number of aryl methyl sites for hydroxylation is 2. The molecule has 2 aliphatic rings. The van der Waals surface area contributed by atoms with Crippen molar-refractivity contribution in [1.82, 2.24) is 33.9 Å². The van der Waals surface area contributed by atoms with Crippen molar-refractivity contribution >= 4 is 32.8 Å². The fourth-order valence-corrected chi connectivity index (χ4v) is 6.70. The fraction of sp³-hybridized carbons (Fsp3) is 0.423. The number of nitrogens with zero attached hydrogens (tertiary/aromatic N) is 7. The second kappa shape index (κ2) is 8.37. The van der Waals surface area contributed by atoms with Gasteiger partial charge in [-0.3, -0.25) is 9.97 Å². The van der Waals surface area contributed by atoms with Crippen molar-refractivity contribution in [3.8, 4) is 11.3 Å². The van der Waals surface area contributed by atoms with Crippen LogP contribution in [0.2, 0.25) is 0 Å². The van der Waals surface area contributed by atoms with Gasteiger partial charge in [0.1, 0.15) is 22.6 Å². The quantitative estimate of drug-likeness (QED) is 0.370. The summed E-state index contributed by atoms with van der Waals surface area (Å²) in [6, 6.07) is 4.75. The highest BCUT2D eigenvalue weighted by Gasteiger charge is 2.47. The van der Waals surface area contributed by atoms with E-state index >= 15 is 4.39 Å². The van der Waals surface area contributed by atoms with Crippen molar-refractivity contribution in [3.63, 3.8) is 0 Å². The van der Waals surface area contributed by atoms with E-state index in [9.17, 15) is 5.11 Å². The number of fused-ring (bicyclic) bond motifs is 3. The summed E-state index contributed by atoms with van der Waals surface area (Å²) in [6.07, 6.45) is 6.34. The van der Waals surface area contributed by atoms with Gasteiger partial charge < -0.3 is 14.4 Å². The van der Waals surface area contributed by atoms with E-state index in [1.807, 2.05) is 20.2 Å². The monoisotopic (exact) mass is 519 g/mol. The number of ether oxygens (including phenoxy) is 1. The van der Waals surface area contributed by atoms with Gasteiger partial charge in [0.05, 0.1) is 38.9 Å². The summed E-state index contributed by atoms with van der Waals surface area (Å²) in [5.41, 5.74) is 5.09. The number of pyridine rings is 2. The summed E-state index contributed by atoms with van der Waals surface area (Å²) in [7, 11) is 1.86. The van der Waals surface area contributed by atoms with E-state index < -0.39 is 11.6 Å². The molecule has 0 amide bonds. The molecule has 0 radical (unpaired) electrons. The third kappa shape index (κ3) is 3.52. The molecule has 7 rings (SSSR count). The zero-order valence-corrected chi connectivity index (χ0v) is 21.4. The molecule has 1 aliphatic heterocycles. The lowest BCUT2D eigenvalue weighted by Gasteiger charge is -2.32. The molecule has 2 fully saturated rings. The summed E-state index contributed by atoms with van der Waals surface area (Å²) in [5, 5.41) is 19.6. The molecule has 5 aromatic heterocycles. The molecule has 1 unspecified atom stereocenters. The van der Waals surface area contributed by atoms with E-state index in [0.717, 1.165) is 51.0 Å². The smallest absolute Gasteiger partial charge is 0.146 e. The maximum Gasteiger partial charge on any atom is 0.146 e. The van der Waals surface area contributed by atoms with Gasteiger partial charge in [-0.1, -0.05) is 5.21 Å². The van der Waals surface area contributed by atoms with Crippen LogP contribution in [0.4, 0.5) is 4.39 Å². The molecule has 0 spiro atoms. The first-order valence-electron chi connectivity index (χ1n) is 12.5. The lowest BCUT2D eigenvalue weighted by molar-refractivity contribution is 0.0542. The van der Waals surface area contributed by atoms with Crippen LogP contribution in [0.15, 0.2) is 30.6 Å². The van der Waals surface area contributed by atoms with Crippen LogP contribution in [0, 0.1) is 18.7 Å². The van der Waals surface area contributed by atoms with E-state index in [2.05, 4.69) is 25.9 Å². The first kappa shape index (κ1) is 22.9. The molecule has 1 atom stereocenters. The van der Waals surface area contributed by atoms with Crippen LogP contribution in [0.1, 0.15) is 48.8 Å². The largest absolute Gasteiger partial charge is 0.383 e. The zero-order chi connectivity index (χ0) is 25.3. The van der Waals surface area contributed by atoms with Crippen LogP contribution in [0.5, 0.6) is 0 Å². The molecule has 1 aliphatic carbocycles. The first-order valence-corrected chi connectivity index (χ1v) is 13.3. The lowest BCUT2D eigenvalue weighted by atomic mass is 9.88. The maximum absolute atomic E-state index is 15.5. The molecule has 0 aromatic carbocycles. The van der Waals surface area contributed by atoms with E-state index in [-0.39, 0.29) is 11.7 Å². The highest BCUT2D eigenvalue weighted by Crippen LogP contribution is 2.51. The standard InChI is InChI=1S/C26H26FN7O2S/c1-14-21(33(2)32-30-14)16-12-18-20(29-13-16)24-23(25(31-37-24)26(35)7-8-26)34(18)22(15-5-10-36-11-6-15)19-17(27)4-3-9-28-19/h3-4,9,12-13,15,22,35H,5-8,10-11H2,1-2H3. The summed E-state index contributed by atoms with van der Waals surface area (Å²) in [4.78, 5) is 9.44. The Bertz CT molecular complexity index is 1630. The number of halogens is 1. The molecule has 37 heavy (non-hydrogen) atoms. The van der Waals surface area contributed by atoms with Crippen molar-refractivity contribution in [2.75, 3.05) is 13.2 Å². The second-order valence-corrected chi connectivity index (χ2v) is 10.9. The average molecular weight is 520 g/mol. The van der Waals surface area contributed by atoms with Gasteiger partial charge in [-0.2, -0.15) is 4.37 Å². The molecule has 190 valence electrons. The van der Waals surface area contributed by atoms with Gasteiger partial charge >= 0.3 is 0 Å². The van der Waals surface area contributed by atoms with Crippen LogP contribution < -0.4 is 0 Å². The van der Waals surface area contributed by atoms with E-state index in [4.69, 9.17) is 14.1 Å². The van der Waals surface area contributed by atoms with Gasteiger partial charge in [-0.05, 0) is 68.3 Å². The Morgan fingerprint density at radius 1 is 1.24 bits per heavy atom. The summed E-state index contributed by atoms with van der Waals surface area (Å²) < 4.78 is 30.6. The van der Waals surface area contributed by atoms with Gasteiger partial charge in [0.15, 0.2) is 0 Å². The van der Waals surface area contributed by atoms with Crippen molar-refractivity contribution in [1.29, 1.82) is 0 Å². The highest BCUT2D eigenvalue weighted by atomic mass is 32.1. The summed E-state index contributed by atoms with van der Waals surface area (Å²) in [6.45, 7) is 3.14. The molecule has 11 heteroatoms. The Morgan fingerprint density at radius 3 is 2.76 bits per heavy atom. The predicted octanol–water partition coefficient (Wildman–Crippen LogP) is 4.28. The summed E-state index contributed by atoms with van der Waals surface area (Å²) >= 11 is 1.34. The summed E-state index contributed by atoms with van der Waals surface area (Å²) in [5.74, 6) is -0.262. The van der Waals surface area contributed by atoms with Crippen LogP contribution in [-0.2, 0) is 17.4 Å². The minimum absolute atomic E-state index is 0.0855. The molecule has 1 N–H and O–H groups in total. The molecular formula is C26H26FN7O2S. The average Bonchev–Trinajstić information content (AvgIpc) is 3.22. The van der Waals surface area contributed by atoms with Gasteiger partial charge in [0.2, 0.25) is 0 Å². The van der Waals surface area contributed by atoms with E-state index in [0.29, 0.717) is 37.4 Å². The van der Waals surface area contributed by atoms with Crippen molar-refractivity contribution in [2.24, 2.45) is 13.0 Å². The van der Waals surface area contributed by atoms with Crippen molar-refractivity contribution in [3.05, 3.63) is 53.5 Å². The van der Waals surface area contributed by atoms with Gasteiger partial charge in [-0.25, -0.2) is 9.07 Å². The minimum Gasteiger partial charge on any atom is -0.383 e. The maximum atomic E-state index is 15.5. The highest BCUT2D eigenvalue weighted by molar-refractivity contribution is 7.14. The number of aromatic nitrogens is 7. The zero-order valence-electron chi connectivity index (χ0n) is 20.6.